The molecule has 1 heterocycles. The molecule has 1 aliphatic heterocycles. The predicted octanol–water partition coefficient (Wildman–Crippen LogP) is 2.73. The van der Waals surface area contributed by atoms with Gasteiger partial charge >= 0.3 is 0 Å². The number of anilines is 1. The number of benzene rings is 1. The zero-order chi connectivity index (χ0) is 13.3. The number of nitrogens with one attached hydrogen (secondary N) is 2. The van der Waals surface area contributed by atoms with Crippen LogP contribution in [0.3, 0.4) is 0 Å². The van der Waals surface area contributed by atoms with Gasteiger partial charge in [-0.2, -0.15) is 0 Å². The summed E-state index contributed by atoms with van der Waals surface area (Å²) in [6, 6.07) is 9.18. The van der Waals surface area contributed by atoms with Crippen LogP contribution < -0.4 is 5.32 Å². The average molecular weight is 244 g/mol. The van der Waals surface area contributed by atoms with Crippen LogP contribution in [-0.2, 0) is 9.53 Å². The Morgan fingerprint density at radius 1 is 1.28 bits per heavy atom. The second-order valence-corrected chi connectivity index (χ2v) is 4.76. The summed E-state index contributed by atoms with van der Waals surface area (Å²) in [4.78, 5) is 12.1. The van der Waals surface area contributed by atoms with Crippen molar-refractivity contribution in [3.63, 3.8) is 0 Å². The summed E-state index contributed by atoms with van der Waals surface area (Å²) in [5.74, 6) is -0.361. The Balaban J connectivity index is 2.25. The second-order valence-electron chi connectivity index (χ2n) is 4.76. The molecule has 0 fully saturated rings. The molecular formula is C14H16N2O2. The van der Waals surface area contributed by atoms with E-state index in [9.17, 15) is 4.79 Å². The topological polar surface area (TPSA) is 62.2 Å². The van der Waals surface area contributed by atoms with Crippen LogP contribution in [0.2, 0.25) is 0 Å². The number of para-hydroxylation sites is 1. The van der Waals surface area contributed by atoms with Gasteiger partial charge in [0.25, 0.3) is 5.91 Å². The molecule has 18 heavy (non-hydrogen) atoms. The average Bonchev–Trinajstić information content (AvgIpc) is 2.49. The lowest BCUT2D eigenvalue weighted by Gasteiger charge is -2.18. The van der Waals surface area contributed by atoms with Crippen LogP contribution in [0.4, 0.5) is 5.69 Å². The lowest BCUT2D eigenvalue weighted by Crippen LogP contribution is -2.21. The first-order valence-corrected chi connectivity index (χ1v) is 5.77. The SMILES string of the molecule is CC1=C(C(=O)Nc2ccccc2)C(=N)OC1(C)C. The van der Waals surface area contributed by atoms with Crippen LogP contribution in [0.15, 0.2) is 41.5 Å². The molecule has 0 atom stereocenters. The van der Waals surface area contributed by atoms with Crippen LogP contribution in [0.25, 0.3) is 0 Å². The Bertz CT molecular complexity index is 530. The van der Waals surface area contributed by atoms with Crippen molar-refractivity contribution in [2.75, 3.05) is 5.32 Å². The summed E-state index contributed by atoms with van der Waals surface area (Å²) in [7, 11) is 0. The van der Waals surface area contributed by atoms with Gasteiger partial charge in [0.05, 0.1) is 0 Å². The third kappa shape index (κ3) is 2.14. The van der Waals surface area contributed by atoms with Crippen LogP contribution in [0.5, 0.6) is 0 Å². The van der Waals surface area contributed by atoms with Gasteiger partial charge in [0, 0.05) is 5.69 Å². The van der Waals surface area contributed by atoms with Crippen molar-refractivity contribution in [1.82, 2.24) is 0 Å². The van der Waals surface area contributed by atoms with Crippen molar-refractivity contribution >= 4 is 17.5 Å². The van der Waals surface area contributed by atoms with Gasteiger partial charge in [-0.25, -0.2) is 0 Å². The standard InChI is InChI=1S/C14H16N2O2/c1-9-11(12(15)18-14(9,2)3)13(17)16-10-7-5-4-6-8-10/h4-8,15H,1-3H3,(H,16,17). The van der Waals surface area contributed by atoms with Gasteiger partial charge in [-0.1, -0.05) is 18.2 Å². The van der Waals surface area contributed by atoms with Crippen LogP contribution in [-0.4, -0.2) is 17.4 Å². The molecule has 0 aromatic heterocycles. The Labute approximate surface area is 106 Å². The number of carbonyl (C=O) groups is 1. The highest BCUT2D eigenvalue weighted by Gasteiger charge is 2.38. The summed E-state index contributed by atoms with van der Waals surface area (Å²) in [5.41, 5.74) is 1.23. The molecule has 0 spiro atoms. The van der Waals surface area contributed by atoms with Gasteiger partial charge in [0.2, 0.25) is 5.90 Å². The third-order valence-electron chi connectivity index (χ3n) is 3.12. The minimum Gasteiger partial charge on any atom is -0.467 e. The van der Waals surface area contributed by atoms with Gasteiger partial charge in [-0.3, -0.25) is 10.2 Å². The van der Waals surface area contributed by atoms with Crippen LogP contribution in [0, 0.1) is 5.41 Å². The Hall–Kier alpha value is -2.10. The summed E-state index contributed by atoms with van der Waals surface area (Å²) < 4.78 is 5.38. The molecule has 2 N–H and O–H groups in total. The Morgan fingerprint density at radius 3 is 2.39 bits per heavy atom. The van der Waals surface area contributed by atoms with E-state index in [0.717, 1.165) is 5.57 Å². The van der Waals surface area contributed by atoms with E-state index in [1.54, 1.807) is 12.1 Å². The summed E-state index contributed by atoms with van der Waals surface area (Å²) in [6.45, 7) is 5.51. The maximum Gasteiger partial charge on any atom is 0.261 e. The van der Waals surface area contributed by atoms with E-state index in [2.05, 4.69) is 5.32 Å². The fraction of sp³-hybridized carbons (Fsp3) is 0.286. The van der Waals surface area contributed by atoms with Crippen molar-refractivity contribution in [2.24, 2.45) is 0 Å². The highest BCUT2D eigenvalue weighted by molar-refractivity contribution is 6.23. The molecule has 0 unspecified atom stereocenters. The number of carbonyl (C=O) groups excluding carboxylic acids is 1. The Morgan fingerprint density at radius 2 is 1.89 bits per heavy atom. The molecule has 0 aliphatic carbocycles. The molecular weight excluding hydrogens is 228 g/mol. The highest BCUT2D eigenvalue weighted by Crippen LogP contribution is 2.32. The van der Waals surface area contributed by atoms with Gasteiger partial charge in [-0.05, 0) is 38.5 Å². The lowest BCUT2D eigenvalue weighted by molar-refractivity contribution is -0.112. The van der Waals surface area contributed by atoms with E-state index in [-0.39, 0.29) is 11.8 Å². The fourth-order valence-electron chi connectivity index (χ4n) is 1.84. The number of hydrogen-bond acceptors (Lipinski definition) is 3. The van der Waals surface area contributed by atoms with Crippen molar-refractivity contribution in [3.8, 4) is 0 Å². The molecule has 4 nitrogen and oxygen atoms in total. The third-order valence-corrected chi connectivity index (χ3v) is 3.12. The summed E-state index contributed by atoms with van der Waals surface area (Å²) >= 11 is 0. The van der Waals surface area contributed by atoms with Gasteiger partial charge in [-0.15, -0.1) is 0 Å². The summed E-state index contributed by atoms with van der Waals surface area (Å²) in [5, 5.41) is 10.5. The first-order chi connectivity index (χ1) is 8.42. The molecule has 1 amide bonds. The van der Waals surface area contributed by atoms with Crippen molar-refractivity contribution in [2.45, 2.75) is 26.4 Å². The molecule has 2 rings (SSSR count). The molecule has 1 aliphatic rings. The van der Waals surface area contributed by atoms with E-state index in [1.807, 2.05) is 39.0 Å². The Kier molecular flexibility index (Phi) is 2.95. The maximum atomic E-state index is 12.1. The van der Waals surface area contributed by atoms with E-state index < -0.39 is 5.60 Å². The minimum atomic E-state index is -0.583. The van der Waals surface area contributed by atoms with E-state index in [1.165, 1.54) is 0 Å². The van der Waals surface area contributed by atoms with Crippen molar-refractivity contribution < 1.29 is 9.53 Å². The number of ether oxygens (including phenoxy) is 1. The number of hydrogen-bond donors (Lipinski definition) is 2. The van der Waals surface area contributed by atoms with Gasteiger partial charge < -0.3 is 10.1 Å². The van der Waals surface area contributed by atoms with Gasteiger partial charge in [0.1, 0.15) is 11.2 Å². The molecule has 1 aromatic carbocycles. The van der Waals surface area contributed by atoms with E-state index in [0.29, 0.717) is 11.3 Å². The summed E-state index contributed by atoms with van der Waals surface area (Å²) in [6.07, 6.45) is 0. The molecule has 0 bridgehead atoms. The minimum absolute atomic E-state index is 0.0640. The molecule has 0 radical (unpaired) electrons. The monoisotopic (exact) mass is 244 g/mol. The molecule has 0 saturated carbocycles. The first kappa shape index (κ1) is 12.4. The number of rotatable bonds is 2. The maximum absolute atomic E-state index is 12.1. The van der Waals surface area contributed by atoms with Crippen molar-refractivity contribution in [1.29, 1.82) is 5.41 Å². The van der Waals surface area contributed by atoms with Crippen molar-refractivity contribution in [3.05, 3.63) is 41.5 Å². The quantitative estimate of drug-likeness (QED) is 0.840. The predicted molar refractivity (Wildman–Crippen MR) is 70.7 cm³/mol. The molecule has 0 saturated heterocycles. The largest absolute Gasteiger partial charge is 0.467 e. The first-order valence-electron chi connectivity index (χ1n) is 5.77. The molecule has 1 aromatic rings. The van der Waals surface area contributed by atoms with E-state index >= 15 is 0 Å². The zero-order valence-corrected chi connectivity index (χ0v) is 10.7. The number of amides is 1. The lowest BCUT2D eigenvalue weighted by atomic mass is 9.97. The molecule has 4 heteroatoms. The van der Waals surface area contributed by atoms with Crippen LogP contribution in [0.1, 0.15) is 20.8 Å². The van der Waals surface area contributed by atoms with Crippen LogP contribution >= 0.6 is 0 Å². The highest BCUT2D eigenvalue weighted by atomic mass is 16.5. The second kappa shape index (κ2) is 4.29. The normalized spacial score (nSPS) is 17.6. The smallest absolute Gasteiger partial charge is 0.261 e. The fourth-order valence-corrected chi connectivity index (χ4v) is 1.84. The molecule has 94 valence electrons. The zero-order valence-electron chi connectivity index (χ0n) is 10.7. The van der Waals surface area contributed by atoms with E-state index in [4.69, 9.17) is 10.1 Å². The van der Waals surface area contributed by atoms with Gasteiger partial charge in [0.15, 0.2) is 0 Å².